The van der Waals surface area contributed by atoms with Crippen LogP contribution in [0.1, 0.15) is 0 Å². The zero-order chi connectivity index (χ0) is 5.41. The van der Waals surface area contributed by atoms with E-state index in [2.05, 4.69) is 0 Å². The molecule has 0 radical (unpaired) electrons. The van der Waals surface area contributed by atoms with Gasteiger partial charge in [-0.25, -0.2) is 0 Å². The van der Waals surface area contributed by atoms with Crippen molar-refractivity contribution < 1.29 is 47.3 Å². The SMILES string of the molecule is O=[Si]=O.[O]=[Th]=[O]. The van der Waals surface area contributed by atoms with Crippen LogP contribution in [0.3, 0.4) is 0 Å². The molecular weight excluding hydrogens is 324 g/mol. The molecule has 0 saturated carbocycles. The zero-order valence-corrected chi connectivity index (χ0v) is 7.74. The molecule has 0 aromatic rings. The summed E-state index contributed by atoms with van der Waals surface area (Å²) in [6, 6.07) is 0. The summed E-state index contributed by atoms with van der Waals surface area (Å²) in [5.74, 6) is 0. The van der Waals surface area contributed by atoms with Gasteiger partial charge in [0.05, 0.1) is 0 Å². The Bertz CT molecular complexity index is 61.5. The Morgan fingerprint density at radius 3 is 1.17 bits per heavy atom. The topological polar surface area (TPSA) is 68.3 Å². The van der Waals surface area contributed by atoms with Crippen LogP contribution in [0.15, 0.2) is 0 Å². The summed E-state index contributed by atoms with van der Waals surface area (Å²) >= 11 is -2.51. The standard InChI is InChI=1S/O2Si.2O.Th/c1-3-2;;;. The van der Waals surface area contributed by atoms with Gasteiger partial charge in [-0.05, 0) is 0 Å². The predicted molar refractivity (Wildman–Crippen MR) is 8.50 cm³/mol. The molecule has 0 rings (SSSR count). The second-order valence-corrected chi connectivity index (χ2v) is 1.02. The van der Waals surface area contributed by atoms with Gasteiger partial charge >= 0.3 is 47.7 Å². The Hall–Kier alpha value is 0.742. The molecule has 0 saturated heterocycles. The summed E-state index contributed by atoms with van der Waals surface area (Å²) in [5.41, 5.74) is 0. The Kier molecular flexibility index (Phi) is 28.3. The van der Waals surface area contributed by atoms with Crippen molar-refractivity contribution in [1.29, 1.82) is 0 Å². The monoisotopic (exact) mass is 324 g/mol. The van der Waals surface area contributed by atoms with E-state index in [-0.39, 0.29) is 0 Å². The van der Waals surface area contributed by atoms with Crippen LogP contribution in [0.25, 0.3) is 0 Å². The van der Waals surface area contributed by atoms with Crippen LogP contribution in [0, 0.1) is 36.1 Å². The van der Waals surface area contributed by atoms with E-state index in [4.69, 9.17) is 11.2 Å². The van der Waals surface area contributed by atoms with Crippen LogP contribution in [-0.4, -0.2) is 9.29 Å². The molecule has 0 N–H and O–H groups in total. The van der Waals surface area contributed by atoms with E-state index >= 15 is 0 Å². The van der Waals surface area contributed by atoms with Gasteiger partial charge < -0.3 is 0 Å². The molecule has 0 aliphatic heterocycles. The average Bonchev–Trinajstić information content (AvgIpc) is 1.39. The van der Waals surface area contributed by atoms with Gasteiger partial charge in [0.25, 0.3) is 0 Å². The molecule has 0 spiro atoms. The van der Waals surface area contributed by atoms with Crippen molar-refractivity contribution in [2.45, 2.75) is 0 Å². The van der Waals surface area contributed by atoms with Crippen LogP contribution in [0.5, 0.6) is 0 Å². The van der Waals surface area contributed by atoms with Crippen molar-refractivity contribution in [1.82, 2.24) is 0 Å². The molecule has 0 aliphatic carbocycles. The fourth-order valence-electron chi connectivity index (χ4n) is 0. The normalized spacial score (nSPS) is 2.67. The molecule has 0 aliphatic rings. The van der Waals surface area contributed by atoms with Crippen LogP contribution in [-0.2, 0) is 11.2 Å². The Balaban J connectivity index is 0. The molecule has 32 valence electrons. The van der Waals surface area contributed by atoms with E-state index in [1.165, 1.54) is 0 Å². The first-order chi connectivity index (χ1) is 2.83. The molecule has 6 heavy (non-hydrogen) atoms. The first-order valence-corrected chi connectivity index (χ1v) is 4.99. The van der Waals surface area contributed by atoms with Gasteiger partial charge in [0.1, 0.15) is 0 Å². The van der Waals surface area contributed by atoms with Gasteiger partial charge in [-0.3, -0.25) is 8.92 Å². The minimum atomic E-state index is -2.51. The zero-order valence-electron chi connectivity index (χ0n) is 2.63. The molecule has 0 aromatic heterocycles. The fraction of sp³-hybridized carbons (Fsp3) is 0. The van der Waals surface area contributed by atoms with Crippen molar-refractivity contribution in [2.24, 2.45) is 0 Å². The summed E-state index contributed by atoms with van der Waals surface area (Å²) in [5, 5.41) is 0. The second kappa shape index (κ2) is 17.2. The van der Waals surface area contributed by atoms with Crippen molar-refractivity contribution in [3.63, 3.8) is 0 Å². The third-order valence-electron chi connectivity index (χ3n) is 0. The van der Waals surface area contributed by atoms with E-state index in [1.54, 1.807) is 0 Å². The Morgan fingerprint density at radius 1 is 1.17 bits per heavy atom. The molecule has 0 amide bonds. The van der Waals surface area contributed by atoms with Gasteiger partial charge in [-0.15, -0.1) is 0 Å². The summed E-state index contributed by atoms with van der Waals surface area (Å²) < 4.78 is 34.0. The van der Waals surface area contributed by atoms with Gasteiger partial charge in [0, 0.05) is 0 Å². The molecular formula is O4SiTh. The van der Waals surface area contributed by atoms with Crippen molar-refractivity contribution in [3.05, 3.63) is 0 Å². The average molecular weight is 324 g/mol. The Morgan fingerprint density at radius 2 is 1.17 bits per heavy atom. The quantitative estimate of drug-likeness (QED) is 0.544. The first-order valence-electron chi connectivity index (χ1n) is 0.816. The van der Waals surface area contributed by atoms with Gasteiger partial charge in [-0.2, -0.15) is 0 Å². The second-order valence-electron chi connectivity index (χ2n) is 0.167. The summed E-state index contributed by atoms with van der Waals surface area (Å²) in [6.07, 6.45) is 0. The van der Waals surface area contributed by atoms with E-state index in [0.29, 0.717) is 0 Å². The molecule has 0 heterocycles. The first kappa shape index (κ1) is 9.89. The van der Waals surface area contributed by atoms with Crippen LogP contribution >= 0.6 is 0 Å². The third-order valence-corrected chi connectivity index (χ3v) is 0. The molecule has 0 unspecified atom stereocenters. The minimum absolute atomic E-state index is 1.42. The van der Waals surface area contributed by atoms with Crippen LogP contribution in [0.4, 0.5) is 0 Å². The molecule has 4 nitrogen and oxygen atoms in total. The molecule has 6 heteroatoms. The van der Waals surface area contributed by atoms with Crippen molar-refractivity contribution >= 4 is 9.29 Å². The Labute approximate surface area is 56.1 Å². The fourth-order valence-corrected chi connectivity index (χ4v) is 0. The molecule has 0 atom stereocenters. The number of rotatable bonds is 0. The van der Waals surface area contributed by atoms with Crippen molar-refractivity contribution in [3.8, 4) is 0 Å². The molecule has 0 aromatic carbocycles. The number of hydrogen-bond donors (Lipinski definition) is 0. The molecule has 0 fully saturated rings. The summed E-state index contributed by atoms with van der Waals surface area (Å²) in [4.78, 5) is 0. The van der Waals surface area contributed by atoms with Crippen molar-refractivity contribution in [2.75, 3.05) is 0 Å². The number of hydrogen-bond acceptors (Lipinski definition) is 4. The maximum absolute atomic E-state index is 8.58. The predicted octanol–water partition coefficient (Wildman–Crippen LogP) is -0.856. The summed E-state index contributed by atoms with van der Waals surface area (Å²) in [6.45, 7) is 0. The van der Waals surface area contributed by atoms with E-state index in [1.807, 2.05) is 0 Å². The molecule has 0 bridgehead atoms. The maximum atomic E-state index is 8.58. The third kappa shape index (κ3) is 121. The summed E-state index contributed by atoms with van der Waals surface area (Å²) in [7, 11) is -1.42. The van der Waals surface area contributed by atoms with Gasteiger partial charge in [-0.1, -0.05) is 0 Å². The van der Waals surface area contributed by atoms with Gasteiger partial charge in [0.15, 0.2) is 0 Å². The van der Waals surface area contributed by atoms with Crippen LogP contribution < -0.4 is 0 Å². The van der Waals surface area contributed by atoms with E-state index in [9.17, 15) is 0 Å². The van der Waals surface area contributed by atoms with Crippen LogP contribution in [0.2, 0.25) is 0 Å². The van der Waals surface area contributed by atoms with E-state index < -0.39 is 45.4 Å². The van der Waals surface area contributed by atoms with E-state index in [0.717, 1.165) is 0 Å². The van der Waals surface area contributed by atoms with Gasteiger partial charge in [0.2, 0.25) is 0 Å².